The summed E-state index contributed by atoms with van der Waals surface area (Å²) in [6.45, 7) is 7.11. The average Bonchev–Trinajstić information content (AvgIpc) is 2.29. The van der Waals surface area contributed by atoms with Crippen LogP contribution in [0.1, 0.15) is 45.3 Å². The Hall–Kier alpha value is -0.570. The van der Waals surface area contributed by atoms with Crippen LogP contribution in [0.15, 0.2) is 24.3 Å². The molecule has 0 saturated heterocycles. The Bertz CT molecular complexity index is 354. The van der Waals surface area contributed by atoms with E-state index in [4.69, 9.17) is 22.1 Å². The summed E-state index contributed by atoms with van der Waals surface area (Å²) < 4.78 is 5.98. The predicted octanol–water partition coefficient (Wildman–Crippen LogP) is 4.18. The first-order valence-corrected chi connectivity index (χ1v) is 7.05. The van der Waals surface area contributed by atoms with Crippen molar-refractivity contribution < 1.29 is 4.74 Å². The maximum atomic E-state index is 6.01. The Labute approximate surface area is 115 Å². The molecule has 0 bridgehead atoms. The topological polar surface area (TPSA) is 35.2 Å². The highest BCUT2D eigenvalue weighted by Gasteiger charge is 2.18. The van der Waals surface area contributed by atoms with Crippen LogP contribution in [0.2, 0.25) is 5.02 Å². The molecule has 3 heteroatoms. The van der Waals surface area contributed by atoms with Crippen LogP contribution in [0.25, 0.3) is 0 Å². The van der Waals surface area contributed by atoms with E-state index in [9.17, 15) is 0 Å². The Morgan fingerprint density at radius 3 is 2.61 bits per heavy atom. The van der Waals surface area contributed by atoms with E-state index in [-0.39, 0.29) is 12.1 Å². The average molecular weight is 270 g/mol. The van der Waals surface area contributed by atoms with Gasteiger partial charge in [-0.05, 0) is 37.0 Å². The van der Waals surface area contributed by atoms with E-state index >= 15 is 0 Å². The lowest BCUT2D eigenvalue weighted by Gasteiger charge is -2.24. The molecule has 1 aromatic carbocycles. The van der Waals surface area contributed by atoms with Crippen molar-refractivity contribution in [2.24, 2.45) is 11.7 Å². The van der Waals surface area contributed by atoms with Crippen molar-refractivity contribution in [1.82, 2.24) is 0 Å². The monoisotopic (exact) mass is 269 g/mol. The summed E-state index contributed by atoms with van der Waals surface area (Å²) in [6, 6.07) is 7.71. The van der Waals surface area contributed by atoms with Gasteiger partial charge in [0.2, 0.25) is 0 Å². The summed E-state index contributed by atoms with van der Waals surface area (Å²) in [6.07, 6.45) is 2.29. The Morgan fingerprint density at radius 2 is 2.06 bits per heavy atom. The van der Waals surface area contributed by atoms with Crippen molar-refractivity contribution in [3.63, 3.8) is 0 Å². The summed E-state index contributed by atoms with van der Waals surface area (Å²) >= 11 is 6.01. The second-order valence-electron chi connectivity index (χ2n) is 5.06. The smallest absolute Gasteiger partial charge is 0.0973 e. The summed E-state index contributed by atoms with van der Waals surface area (Å²) in [5.41, 5.74) is 7.07. The molecule has 0 aromatic heterocycles. The van der Waals surface area contributed by atoms with E-state index in [1.54, 1.807) is 0 Å². The first kappa shape index (κ1) is 15.5. The van der Waals surface area contributed by atoms with Crippen molar-refractivity contribution in [2.75, 3.05) is 6.61 Å². The highest BCUT2D eigenvalue weighted by atomic mass is 35.5. The SMILES string of the molecule is CCCC(C)COC(c1cccc(Cl)c1)C(C)N. The van der Waals surface area contributed by atoms with Gasteiger partial charge in [-0.1, -0.05) is 44.0 Å². The van der Waals surface area contributed by atoms with Gasteiger partial charge in [-0.15, -0.1) is 0 Å². The van der Waals surface area contributed by atoms with E-state index in [2.05, 4.69) is 13.8 Å². The Kier molecular flexibility index (Phi) is 6.69. The molecule has 0 fully saturated rings. The van der Waals surface area contributed by atoms with Crippen LogP contribution in [-0.4, -0.2) is 12.6 Å². The molecule has 0 saturated carbocycles. The lowest BCUT2D eigenvalue weighted by atomic mass is 10.0. The normalized spacial score (nSPS) is 16.3. The quantitative estimate of drug-likeness (QED) is 0.806. The van der Waals surface area contributed by atoms with Crippen molar-refractivity contribution >= 4 is 11.6 Å². The zero-order valence-electron chi connectivity index (χ0n) is 11.5. The minimum atomic E-state index is -0.0805. The molecule has 3 atom stereocenters. The molecule has 0 spiro atoms. The minimum Gasteiger partial charge on any atom is -0.372 e. The lowest BCUT2D eigenvalue weighted by Crippen LogP contribution is -2.28. The van der Waals surface area contributed by atoms with Gasteiger partial charge < -0.3 is 10.5 Å². The number of ether oxygens (including phenoxy) is 1. The molecule has 0 amide bonds. The van der Waals surface area contributed by atoms with Crippen molar-refractivity contribution in [2.45, 2.75) is 45.8 Å². The summed E-state index contributed by atoms with van der Waals surface area (Å²) in [5.74, 6) is 0.565. The maximum Gasteiger partial charge on any atom is 0.0973 e. The molecule has 102 valence electrons. The fourth-order valence-electron chi connectivity index (χ4n) is 2.08. The van der Waals surface area contributed by atoms with Crippen LogP contribution in [0, 0.1) is 5.92 Å². The van der Waals surface area contributed by atoms with Crippen molar-refractivity contribution in [3.05, 3.63) is 34.9 Å². The molecular formula is C15H24ClNO. The summed E-state index contributed by atoms with van der Waals surface area (Å²) in [4.78, 5) is 0. The van der Waals surface area contributed by atoms with Gasteiger partial charge in [0.1, 0.15) is 0 Å². The standard InChI is InChI=1S/C15H24ClNO/c1-4-6-11(2)10-18-15(12(3)17)13-7-5-8-14(16)9-13/h5,7-9,11-12,15H,4,6,10,17H2,1-3H3. The van der Waals surface area contributed by atoms with Crippen molar-refractivity contribution in [3.8, 4) is 0 Å². The third kappa shape index (κ3) is 4.97. The molecule has 0 aliphatic carbocycles. The van der Waals surface area contributed by atoms with Crippen molar-refractivity contribution in [1.29, 1.82) is 0 Å². The first-order valence-electron chi connectivity index (χ1n) is 6.67. The summed E-state index contributed by atoms with van der Waals surface area (Å²) in [5, 5.41) is 0.725. The number of rotatable bonds is 7. The van der Waals surface area contributed by atoms with Crippen LogP contribution in [0.4, 0.5) is 0 Å². The second kappa shape index (κ2) is 7.78. The number of benzene rings is 1. The number of hydrogen-bond acceptors (Lipinski definition) is 2. The fourth-order valence-corrected chi connectivity index (χ4v) is 2.28. The Morgan fingerprint density at radius 1 is 1.33 bits per heavy atom. The molecule has 3 unspecified atom stereocenters. The Balaban J connectivity index is 2.66. The molecule has 2 nitrogen and oxygen atoms in total. The van der Waals surface area contributed by atoms with Gasteiger partial charge in [-0.25, -0.2) is 0 Å². The van der Waals surface area contributed by atoms with Crippen LogP contribution in [-0.2, 0) is 4.74 Å². The van der Waals surface area contributed by atoms with E-state index in [0.29, 0.717) is 5.92 Å². The molecule has 1 aromatic rings. The van der Waals surface area contributed by atoms with Crippen LogP contribution < -0.4 is 5.73 Å². The minimum absolute atomic E-state index is 0.0442. The van der Waals surface area contributed by atoms with Crippen LogP contribution in [0.3, 0.4) is 0 Å². The van der Waals surface area contributed by atoms with Gasteiger partial charge in [-0.2, -0.15) is 0 Å². The molecule has 2 N–H and O–H groups in total. The number of nitrogens with two attached hydrogens (primary N) is 1. The molecule has 1 rings (SSSR count). The van der Waals surface area contributed by atoms with E-state index in [1.807, 2.05) is 31.2 Å². The van der Waals surface area contributed by atoms with Gasteiger partial charge >= 0.3 is 0 Å². The summed E-state index contributed by atoms with van der Waals surface area (Å²) in [7, 11) is 0. The second-order valence-corrected chi connectivity index (χ2v) is 5.50. The molecule has 18 heavy (non-hydrogen) atoms. The largest absolute Gasteiger partial charge is 0.372 e. The van der Waals surface area contributed by atoms with E-state index < -0.39 is 0 Å². The maximum absolute atomic E-state index is 6.01. The van der Waals surface area contributed by atoms with Gasteiger partial charge in [0.15, 0.2) is 0 Å². The van der Waals surface area contributed by atoms with Gasteiger partial charge in [-0.3, -0.25) is 0 Å². The lowest BCUT2D eigenvalue weighted by molar-refractivity contribution is 0.0173. The molecule has 0 radical (unpaired) electrons. The van der Waals surface area contributed by atoms with E-state index in [0.717, 1.165) is 17.2 Å². The van der Waals surface area contributed by atoms with Crippen LogP contribution in [0.5, 0.6) is 0 Å². The fraction of sp³-hybridized carbons (Fsp3) is 0.600. The zero-order chi connectivity index (χ0) is 13.5. The van der Waals surface area contributed by atoms with Gasteiger partial charge in [0, 0.05) is 11.1 Å². The molecular weight excluding hydrogens is 246 g/mol. The third-order valence-electron chi connectivity index (χ3n) is 3.00. The first-order chi connectivity index (χ1) is 8.54. The predicted molar refractivity (Wildman–Crippen MR) is 77.9 cm³/mol. The highest BCUT2D eigenvalue weighted by molar-refractivity contribution is 6.30. The van der Waals surface area contributed by atoms with Gasteiger partial charge in [0.05, 0.1) is 12.7 Å². The van der Waals surface area contributed by atoms with Crippen LogP contribution >= 0.6 is 11.6 Å². The zero-order valence-corrected chi connectivity index (χ0v) is 12.3. The van der Waals surface area contributed by atoms with Gasteiger partial charge in [0.25, 0.3) is 0 Å². The number of halogens is 1. The highest BCUT2D eigenvalue weighted by Crippen LogP contribution is 2.24. The molecule has 0 heterocycles. The van der Waals surface area contributed by atoms with E-state index in [1.165, 1.54) is 12.8 Å². The number of hydrogen-bond donors (Lipinski definition) is 1. The third-order valence-corrected chi connectivity index (χ3v) is 3.23. The molecule has 0 aliphatic heterocycles. The molecule has 0 aliphatic rings.